The van der Waals surface area contributed by atoms with Gasteiger partial charge in [0.05, 0.1) is 30.8 Å². The maximum absolute atomic E-state index is 13.5. The van der Waals surface area contributed by atoms with Crippen LogP contribution in [0.25, 0.3) is 0 Å². The Morgan fingerprint density at radius 2 is 1.56 bits per heavy atom. The molecule has 3 rings (SSSR count). The molecule has 36 heavy (non-hydrogen) atoms. The van der Waals surface area contributed by atoms with E-state index in [0.717, 1.165) is 13.1 Å². The van der Waals surface area contributed by atoms with Crippen LogP contribution in [0.4, 0.5) is 0 Å². The highest BCUT2D eigenvalue weighted by Crippen LogP contribution is 2.41. The van der Waals surface area contributed by atoms with E-state index in [2.05, 4.69) is 43.2 Å². The highest BCUT2D eigenvalue weighted by Gasteiger charge is 2.39. The van der Waals surface area contributed by atoms with Crippen LogP contribution < -0.4 is 5.32 Å². The van der Waals surface area contributed by atoms with Crippen LogP contribution >= 0.6 is 11.6 Å². The number of dihydropyridines is 1. The molecule has 1 heterocycles. The zero-order valence-corrected chi connectivity index (χ0v) is 22.6. The fraction of sp³-hybridized carbons (Fsp3) is 0.379. The average molecular weight is 511 g/mol. The second-order valence-corrected chi connectivity index (χ2v) is 10.5. The highest BCUT2D eigenvalue weighted by atomic mass is 35.5. The number of halogens is 1. The lowest BCUT2D eigenvalue weighted by molar-refractivity contribution is -0.142. The van der Waals surface area contributed by atoms with Crippen molar-refractivity contribution >= 4 is 23.5 Å². The van der Waals surface area contributed by atoms with Crippen molar-refractivity contribution in [3.05, 3.63) is 93.3 Å². The Labute approximate surface area is 218 Å². The van der Waals surface area contributed by atoms with E-state index in [1.165, 1.54) is 12.7 Å². The topological polar surface area (TPSA) is 67.9 Å². The van der Waals surface area contributed by atoms with Gasteiger partial charge in [-0.05, 0) is 38.1 Å². The molecule has 0 saturated heterocycles. The van der Waals surface area contributed by atoms with Crippen molar-refractivity contribution < 1.29 is 19.1 Å². The molecule has 0 radical (unpaired) electrons. The number of esters is 2. The molecular formula is C29H35ClN2O4. The van der Waals surface area contributed by atoms with E-state index < -0.39 is 17.9 Å². The van der Waals surface area contributed by atoms with Gasteiger partial charge < -0.3 is 19.7 Å². The molecule has 7 heteroatoms. The average Bonchev–Trinajstić information content (AvgIpc) is 2.82. The normalized spacial score (nSPS) is 16.2. The van der Waals surface area contributed by atoms with Gasteiger partial charge >= 0.3 is 11.9 Å². The monoisotopic (exact) mass is 510 g/mol. The Kier molecular flexibility index (Phi) is 8.98. The largest absolute Gasteiger partial charge is 0.466 e. The van der Waals surface area contributed by atoms with Crippen molar-refractivity contribution in [1.82, 2.24) is 10.2 Å². The zero-order chi connectivity index (χ0) is 26.5. The van der Waals surface area contributed by atoms with Gasteiger partial charge in [0.25, 0.3) is 0 Å². The van der Waals surface area contributed by atoms with Crippen molar-refractivity contribution in [2.24, 2.45) is 5.41 Å². The van der Waals surface area contributed by atoms with Crippen LogP contribution in [0.5, 0.6) is 0 Å². The van der Waals surface area contributed by atoms with Crippen molar-refractivity contribution in [3.63, 3.8) is 0 Å². The maximum atomic E-state index is 13.5. The second kappa shape index (κ2) is 11.8. The standard InChI is InChI=1S/C29H35ClN2O4/c1-19-24(27(33)35-6)26(22-14-10-11-15-23(22)30)25(20(2)31-19)28(34)36-18-29(3,4)17-32(5)16-21-12-8-7-9-13-21/h7-15,26,31H,16-18H2,1-6H3. The van der Waals surface area contributed by atoms with Gasteiger partial charge in [0.15, 0.2) is 0 Å². The summed E-state index contributed by atoms with van der Waals surface area (Å²) >= 11 is 6.53. The lowest BCUT2D eigenvalue weighted by atomic mass is 9.80. The van der Waals surface area contributed by atoms with Gasteiger partial charge in [-0.2, -0.15) is 0 Å². The van der Waals surface area contributed by atoms with Crippen molar-refractivity contribution in [2.75, 3.05) is 27.3 Å². The molecule has 0 fully saturated rings. The summed E-state index contributed by atoms with van der Waals surface area (Å²) in [5.74, 6) is -1.72. The predicted molar refractivity (Wildman–Crippen MR) is 142 cm³/mol. The Morgan fingerprint density at radius 1 is 0.972 bits per heavy atom. The summed E-state index contributed by atoms with van der Waals surface area (Å²) in [7, 11) is 3.38. The number of carbonyl (C=O) groups is 2. The molecule has 2 aromatic rings. The van der Waals surface area contributed by atoms with E-state index in [4.69, 9.17) is 21.1 Å². The Hall–Kier alpha value is -3.09. The van der Waals surface area contributed by atoms with Crippen LogP contribution in [0.2, 0.25) is 5.02 Å². The third kappa shape index (κ3) is 6.56. The summed E-state index contributed by atoms with van der Waals surface area (Å²) in [5.41, 5.74) is 3.49. The molecule has 1 unspecified atom stereocenters. The first kappa shape index (κ1) is 27.5. The number of rotatable bonds is 9. The highest BCUT2D eigenvalue weighted by molar-refractivity contribution is 6.31. The third-order valence-corrected chi connectivity index (χ3v) is 6.53. The smallest absolute Gasteiger partial charge is 0.336 e. The van der Waals surface area contributed by atoms with E-state index in [-0.39, 0.29) is 12.0 Å². The van der Waals surface area contributed by atoms with Gasteiger partial charge in [0.2, 0.25) is 0 Å². The molecule has 0 aromatic heterocycles. The second-order valence-electron chi connectivity index (χ2n) is 10.0. The first-order valence-corrected chi connectivity index (χ1v) is 12.3. The van der Waals surface area contributed by atoms with E-state index in [1.807, 2.05) is 36.4 Å². The molecular weight excluding hydrogens is 476 g/mol. The molecule has 6 nitrogen and oxygen atoms in total. The van der Waals surface area contributed by atoms with Gasteiger partial charge in [0, 0.05) is 34.9 Å². The van der Waals surface area contributed by atoms with Gasteiger partial charge in [-0.1, -0.05) is 74.0 Å². The molecule has 1 aliphatic heterocycles. The number of methoxy groups -OCH3 is 1. The SMILES string of the molecule is COC(=O)C1=C(C)NC(C)=C(C(=O)OCC(C)(C)CN(C)Cc2ccccc2)C1c1ccccc1Cl. The van der Waals surface area contributed by atoms with Crippen LogP contribution in [-0.4, -0.2) is 44.1 Å². The van der Waals surface area contributed by atoms with Gasteiger partial charge in [-0.25, -0.2) is 9.59 Å². The summed E-state index contributed by atoms with van der Waals surface area (Å²) in [6.07, 6.45) is 0. The summed E-state index contributed by atoms with van der Waals surface area (Å²) in [6.45, 7) is 9.46. The molecule has 192 valence electrons. The lowest BCUT2D eigenvalue weighted by Crippen LogP contribution is -2.37. The number of ether oxygens (including phenoxy) is 2. The van der Waals surface area contributed by atoms with Gasteiger partial charge in [0.1, 0.15) is 0 Å². The van der Waals surface area contributed by atoms with Crippen molar-refractivity contribution in [3.8, 4) is 0 Å². The van der Waals surface area contributed by atoms with Crippen LogP contribution in [0, 0.1) is 5.41 Å². The number of hydrogen-bond acceptors (Lipinski definition) is 6. The number of nitrogens with zero attached hydrogens (tertiary/aromatic N) is 1. The van der Waals surface area contributed by atoms with Gasteiger partial charge in [-0.15, -0.1) is 0 Å². The minimum absolute atomic E-state index is 0.216. The number of benzene rings is 2. The Morgan fingerprint density at radius 3 is 2.17 bits per heavy atom. The first-order chi connectivity index (χ1) is 17.0. The fourth-order valence-electron chi connectivity index (χ4n) is 4.73. The lowest BCUT2D eigenvalue weighted by Gasteiger charge is -2.33. The van der Waals surface area contributed by atoms with Crippen LogP contribution in [0.1, 0.15) is 44.7 Å². The molecule has 1 atom stereocenters. The van der Waals surface area contributed by atoms with Crippen LogP contribution in [-0.2, 0) is 25.6 Å². The van der Waals surface area contributed by atoms with Crippen molar-refractivity contribution in [2.45, 2.75) is 40.2 Å². The number of allylic oxidation sites excluding steroid dienone is 2. The third-order valence-electron chi connectivity index (χ3n) is 6.19. The first-order valence-electron chi connectivity index (χ1n) is 11.9. The molecule has 0 bridgehead atoms. The number of carbonyl (C=O) groups excluding carboxylic acids is 2. The minimum atomic E-state index is -0.705. The van der Waals surface area contributed by atoms with E-state index in [1.54, 1.807) is 19.9 Å². The van der Waals surface area contributed by atoms with Crippen molar-refractivity contribution in [1.29, 1.82) is 0 Å². The molecule has 0 amide bonds. The summed E-state index contributed by atoms with van der Waals surface area (Å²) in [5, 5.41) is 3.62. The molecule has 0 saturated carbocycles. The van der Waals surface area contributed by atoms with Crippen LogP contribution in [0.3, 0.4) is 0 Å². The molecule has 0 aliphatic carbocycles. The number of nitrogens with one attached hydrogen (secondary N) is 1. The molecule has 1 N–H and O–H groups in total. The summed E-state index contributed by atoms with van der Waals surface area (Å²) < 4.78 is 10.9. The molecule has 1 aliphatic rings. The Bertz CT molecular complexity index is 1170. The fourth-order valence-corrected chi connectivity index (χ4v) is 4.98. The van der Waals surface area contributed by atoms with Gasteiger partial charge in [-0.3, -0.25) is 0 Å². The Balaban J connectivity index is 1.81. The molecule has 0 spiro atoms. The van der Waals surface area contributed by atoms with E-state index >= 15 is 0 Å². The predicted octanol–water partition coefficient (Wildman–Crippen LogP) is 5.45. The van der Waals surface area contributed by atoms with E-state index in [0.29, 0.717) is 33.1 Å². The zero-order valence-electron chi connectivity index (χ0n) is 21.9. The number of hydrogen-bond donors (Lipinski definition) is 1. The summed E-state index contributed by atoms with van der Waals surface area (Å²) in [6, 6.07) is 17.4. The molecule has 2 aromatic carbocycles. The van der Waals surface area contributed by atoms with E-state index in [9.17, 15) is 9.59 Å². The maximum Gasteiger partial charge on any atom is 0.336 e. The quantitative estimate of drug-likeness (QED) is 0.452. The van der Waals surface area contributed by atoms with Crippen LogP contribution in [0.15, 0.2) is 77.1 Å². The minimum Gasteiger partial charge on any atom is -0.466 e. The summed E-state index contributed by atoms with van der Waals surface area (Å²) in [4.78, 5) is 28.5.